The number of hydrogen-bond donors (Lipinski definition) is 1. The molecule has 0 radical (unpaired) electrons. The molecule has 3 nitrogen and oxygen atoms in total. The van der Waals surface area contributed by atoms with Crippen LogP contribution >= 0.6 is 0 Å². The Balaban J connectivity index is 1.71. The average molecular weight is 238 g/mol. The lowest BCUT2D eigenvalue weighted by Crippen LogP contribution is -2.25. The molecule has 90 valence electrons. The van der Waals surface area contributed by atoms with E-state index in [-0.39, 0.29) is 11.8 Å². The maximum Gasteiger partial charge on any atom is 0.228 e. The Morgan fingerprint density at radius 1 is 1.33 bits per heavy atom. The second-order valence-electron chi connectivity index (χ2n) is 5.07. The number of nitrogens with one attached hydrogen (secondary N) is 1. The third-order valence-electron chi connectivity index (χ3n) is 3.87. The number of rotatable bonds is 2. The Kier molecular flexibility index (Phi) is 2.64. The van der Waals surface area contributed by atoms with Crippen molar-refractivity contribution in [1.82, 2.24) is 0 Å². The summed E-state index contributed by atoms with van der Waals surface area (Å²) < 4.78 is 0. The monoisotopic (exact) mass is 238 g/mol. The van der Waals surface area contributed by atoms with E-state index in [0.29, 0.717) is 23.1 Å². The smallest absolute Gasteiger partial charge is 0.228 e. The van der Waals surface area contributed by atoms with Gasteiger partial charge in [-0.15, -0.1) is 0 Å². The van der Waals surface area contributed by atoms with Crippen LogP contribution in [0.15, 0.2) is 36.4 Å². The van der Waals surface area contributed by atoms with Crippen molar-refractivity contribution in [2.24, 2.45) is 17.8 Å². The number of anilines is 1. The Morgan fingerprint density at radius 3 is 2.89 bits per heavy atom. The fourth-order valence-electron chi connectivity index (χ4n) is 2.98. The van der Waals surface area contributed by atoms with E-state index in [4.69, 9.17) is 5.26 Å². The lowest BCUT2D eigenvalue weighted by atomic mass is 9.93. The van der Waals surface area contributed by atoms with Crippen LogP contribution in [0.1, 0.15) is 18.4 Å². The van der Waals surface area contributed by atoms with Crippen LogP contribution in [0.4, 0.5) is 5.69 Å². The predicted octanol–water partition coefficient (Wildman–Crippen LogP) is 2.71. The highest BCUT2D eigenvalue weighted by molar-refractivity contribution is 5.93. The van der Waals surface area contributed by atoms with Crippen molar-refractivity contribution in [2.45, 2.75) is 12.8 Å². The standard InChI is InChI=1S/C15H14N2O/c16-9-11-2-1-3-13(7-11)17-15(18)14-8-10-4-5-12(14)6-10/h1-5,7,10,12,14H,6,8H2,(H,17,18). The van der Waals surface area contributed by atoms with Crippen molar-refractivity contribution in [1.29, 1.82) is 5.26 Å². The Morgan fingerprint density at radius 2 is 2.22 bits per heavy atom. The number of allylic oxidation sites excluding steroid dienone is 2. The van der Waals surface area contributed by atoms with E-state index in [1.807, 2.05) is 6.07 Å². The van der Waals surface area contributed by atoms with Crippen LogP contribution in [0.2, 0.25) is 0 Å². The molecule has 2 aliphatic carbocycles. The predicted molar refractivity (Wildman–Crippen MR) is 68.6 cm³/mol. The Labute approximate surface area is 106 Å². The van der Waals surface area contributed by atoms with E-state index in [9.17, 15) is 4.79 Å². The molecule has 2 aliphatic rings. The van der Waals surface area contributed by atoms with E-state index in [0.717, 1.165) is 12.8 Å². The number of fused-ring (bicyclic) bond motifs is 2. The molecule has 3 unspecified atom stereocenters. The molecule has 1 fully saturated rings. The largest absolute Gasteiger partial charge is 0.326 e. The van der Waals surface area contributed by atoms with Gasteiger partial charge in [-0.05, 0) is 42.9 Å². The van der Waals surface area contributed by atoms with Crippen LogP contribution in [0.3, 0.4) is 0 Å². The minimum Gasteiger partial charge on any atom is -0.326 e. The highest BCUT2D eigenvalue weighted by atomic mass is 16.1. The summed E-state index contributed by atoms with van der Waals surface area (Å²) in [5, 5.41) is 11.7. The summed E-state index contributed by atoms with van der Waals surface area (Å²) >= 11 is 0. The maximum atomic E-state index is 12.2. The van der Waals surface area contributed by atoms with E-state index in [1.54, 1.807) is 18.2 Å². The van der Waals surface area contributed by atoms with Crippen molar-refractivity contribution in [3.8, 4) is 6.07 Å². The number of hydrogen-bond acceptors (Lipinski definition) is 2. The molecule has 1 amide bonds. The fraction of sp³-hybridized carbons (Fsp3) is 0.333. The quantitative estimate of drug-likeness (QED) is 0.805. The van der Waals surface area contributed by atoms with Gasteiger partial charge in [0.2, 0.25) is 5.91 Å². The van der Waals surface area contributed by atoms with Gasteiger partial charge < -0.3 is 5.32 Å². The summed E-state index contributed by atoms with van der Waals surface area (Å²) in [7, 11) is 0. The van der Waals surface area contributed by atoms with Crippen LogP contribution in [-0.2, 0) is 4.79 Å². The molecule has 0 aliphatic heterocycles. The average Bonchev–Trinajstić information content (AvgIpc) is 3.01. The van der Waals surface area contributed by atoms with Gasteiger partial charge in [0.25, 0.3) is 0 Å². The zero-order valence-corrected chi connectivity index (χ0v) is 9.97. The molecule has 3 heteroatoms. The second-order valence-corrected chi connectivity index (χ2v) is 5.07. The molecular formula is C15H14N2O. The number of carbonyl (C=O) groups is 1. The van der Waals surface area contributed by atoms with Crippen molar-refractivity contribution >= 4 is 11.6 Å². The molecule has 1 saturated carbocycles. The molecular weight excluding hydrogens is 224 g/mol. The minimum absolute atomic E-state index is 0.0851. The second kappa shape index (κ2) is 4.30. The number of nitriles is 1. The summed E-state index contributed by atoms with van der Waals surface area (Å²) in [5.74, 6) is 1.19. The first-order valence-corrected chi connectivity index (χ1v) is 6.25. The molecule has 1 aromatic rings. The van der Waals surface area contributed by atoms with Crippen molar-refractivity contribution in [3.05, 3.63) is 42.0 Å². The van der Waals surface area contributed by atoms with E-state index in [1.165, 1.54) is 0 Å². The summed E-state index contributed by atoms with van der Waals surface area (Å²) in [5.41, 5.74) is 1.28. The van der Waals surface area contributed by atoms with E-state index >= 15 is 0 Å². The number of amides is 1. The summed E-state index contributed by atoms with van der Waals surface area (Å²) in [6.45, 7) is 0. The molecule has 0 saturated heterocycles. The van der Waals surface area contributed by atoms with Gasteiger partial charge in [0.05, 0.1) is 11.6 Å². The van der Waals surface area contributed by atoms with E-state index in [2.05, 4.69) is 23.5 Å². The highest BCUT2D eigenvalue weighted by Crippen LogP contribution is 2.43. The maximum absolute atomic E-state index is 12.2. The number of nitrogens with zero attached hydrogens (tertiary/aromatic N) is 1. The van der Waals surface area contributed by atoms with Gasteiger partial charge >= 0.3 is 0 Å². The van der Waals surface area contributed by atoms with Gasteiger partial charge in [0.1, 0.15) is 0 Å². The van der Waals surface area contributed by atoms with Crippen LogP contribution in [-0.4, -0.2) is 5.91 Å². The molecule has 1 aromatic carbocycles. The third-order valence-corrected chi connectivity index (χ3v) is 3.87. The minimum atomic E-state index is 0.0851. The number of benzene rings is 1. The van der Waals surface area contributed by atoms with Crippen LogP contribution < -0.4 is 5.32 Å². The SMILES string of the molecule is N#Cc1cccc(NC(=O)C2CC3C=CC2C3)c1. The lowest BCUT2D eigenvalue weighted by molar-refractivity contribution is -0.120. The Hall–Kier alpha value is -2.08. The summed E-state index contributed by atoms with van der Waals surface area (Å²) in [4.78, 5) is 12.2. The molecule has 3 atom stereocenters. The highest BCUT2D eigenvalue weighted by Gasteiger charge is 2.39. The first-order chi connectivity index (χ1) is 8.76. The zero-order chi connectivity index (χ0) is 12.5. The summed E-state index contributed by atoms with van der Waals surface area (Å²) in [6.07, 6.45) is 6.48. The van der Waals surface area contributed by atoms with Crippen molar-refractivity contribution in [2.75, 3.05) is 5.32 Å². The van der Waals surface area contributed by atoms with Gasteiger partial charge in [-0.3, -0.25) is 4.79 Å². The van der Waals surface area contributed by atoms with Crippen molar-refractivity contribution in [3.63, 3.8) is 0 Å². The van der Waals surface area contributed by atoms with E-state index < -0.39 is 0 Å². The molecule has 0 aromatic heterocycles. The first-order valence-electron chi connectivity index (χ1n) is 6.25. The fourth-order valence-corrected chi connectivity index (χ4v) is 2.98. The van der Waals surface area contributed by atoms with Crippen molar-refractivity contribution < 1.29 is 4.79 Å². The summed E-state index contributed by atoms with van der Waals surface area (Å²) in [6, 6.07) is 9.12. The first kappa shape index (κ1) is 11.0. The van der Waals surface area contributed by atoms with Gasteiger partial charge in [0.15, 0.2) is 0 Å². The molecule has 18 heavy (non-hydrogen) atoms. The molecule has 3 rings (SSSR count). The number of carbonyl (C=O) groups excluding carboxylic acids is 1. The van der Waals surface area contributed by atoms with Gasteiger partial charge in [-0.25, -0.2) is 0 Å². The van der Waals surface area contributed by atoms with Crippen LogP contribution in [0.25, 0.3) is 0 Å². The van der Waals surface area contributed by atoms with Gasteiger partial charge in [-0.1, -0.05) is 18.2 Å². The molecule has 0 heterocycles. The van der Waals surface area contributed by atoms with Crippen LogP contribution in [0.5, 0.6) is 0 Å². The topological polar surface area (TPSA) is 52.9 Å². The normalized spacial score (nSPS) is 28.1. The third kappa shape index (κ3) is 1.91. The van der Waals surface area contributed by atoms with Crippen LogP contribution in [0, 0.1) is 29.1 Å². The van der Waals surface area contributed by atoms with Gasteiger partial charge in [0, 0.05) is 11.6 Å². The molecule has 2 bridgehead atoms. The molecule has 1 N–H and O–H groups in total. The zero-order valence-electron chi connectivity index (χ0n) is 9.97. The lowest BCUT2D eigenvalue weighted by Gasteiger charge is -2.17. The molecule has 0 spiro atoms. The Bertz CT molecular complexity index is 556. The van der Waals surface area contributed by atoms with Gasteiger partial charge in [-0.2, -0.15) is 5.26 Å².